The predicted octanol–water partition coefficient (Wildman–Crippen LogP) is 3.86. The van der Waals surface area contributed by atoms with E-state index in [9.17, 15) is 18.0 Å². The average Bonchev–Trinajstić information content (AvgIpc) is 2.49. The Morgan fingerprint density at radius 2 is 1.43 bits per heavy atom. The van der Waals surface area contributed by atoms with Crippen LogP contribution in [0.1, 0.15) is 11.1 Å². The Morgan fingerprint density at radius 1 is 0.905 bits per heavy atom. The molecule has 0 fully saturated rings. The number of ether oxygens (including phenoxy) is 1. The third-order valence-electron chi connectivity index (χ3n) is 3.10. The van der Waals surface area contributed by atoms with Crippen LogP contribution >= 0.6 is 0 Å². The number of hydrogen-bond donors (Lipinski definition) is 0. The van der Waals surface area contributed by atoms with Crippen molar-refractivity contribution >= 4 is 6.29 Å². The highest BCUT2D eigenvalue weighted by molar-refractivity contribution is 5.67. The van der Waals surface area contributed by atoms with Crippen LogP contribution in [0.3, 0.4) is 0 Å². The molecule has 0 aliphatic heterocycles. The lowest BCUT2D eigenvalue weighted by molar-refractivity contribution is -0.270. The molecule has 0 aromatic heterocycles. The van der Waals surface area contributed by atoms with Crippen LogP contribution in [-0.2, 0) is 21.7 Å². The Balaban J connectivity index is 2.35. The van der Waals surface area contributed by atoms with Crippen molar-refractivity contribution in [3.05, 3.63) is 71.8 Å². The summed E-state index contributed by atoms with van der Waals surface area (Å²) < 4.78 is 45.2. The zero-order chi connectivity index (χ0) is 15.3. The topological polar surface area (TPSA) is 26.3 Å². The molecule has 0 N–H and O–H groups in total. The number of alkyl halides is 3. The van der Waals surface area contributed by atoms with Crippen molar-refractivity contribution in [2.75, 3.05) is 0 Å². The lowest BCUT2D eigenvalue weighted by Crippen LogP contribution is -2.46. The van der Waals surface area contributed by atoms with Crippen molar-refractivity contribution in [2.45, 2.75) is 18.4 Å². The van der Waals surface area contributed by atoms with Gasteiger partial charge in [-0.3, -0.25) is 4.79 Å². The van der Waals surface area contributed by atoms with Gasteiger partial charge in [0.05, 0.1) is 6.61 Å². The van der Waals surface area contributed by atoms with Crippen molar-refractivity contribution in [3.8, 4) is 0 Å². The summed E-state index contributed by atoms with van der Waals surface area (Å²) in [6, 6.07) is 15.3. The molecule has 21 heavy (non-hydrogen) atoms. The standard InChI is InChI=1S/C16H13F3O2/c17-16(18,19)15(12-20,14-9-5-2-6-10-14)21-11-13-7-3-1-4-8-13/h1-10,12H,11H2/t15-/m0/s1. The minimum Gasteiger partial charge on any atom is -0.350 e. The minimum absolute atomic E-state index is 0.189. The van der Waals surface area contributed by atoms with Gasteiger partial charge in [-0.25, -0.2) is 0 Å². The second-order valence-electron chi connectivity index (χ2n) is 4.49. The van der Waals surface area contributed by atoms with E-state index in [1.807, 2.05) is 0 Å². The van der Waals surface area contributed by atoms with Crippen molar-refractivity contribution in [3.63, 3.8) is 0 Å². The molecule has 2 rings (SSSR count). The molecule has 0 saturated heterocycles. The molecule has 1 atom stereocenters. The van der Waals surface area contributed by atoms with E-state index in [1.54, 1.807) is 36.4 Å². The van der Waals surface area contributed by atoms with E-state index < -0.39 is 11.8 Å². The van der Waals surface area contributed by atoms with E-state index in [0.717, 1.165) is 0 Å². The molecule has 0 aliphatic carbocycles. The number of carbonyl (C=O) groups is 1. The smallest absolute Gasteiger partial charge is 0.350 e. The lowest BCUT2D eigenvalue weighted by Gasteiger charge is -2.31. The molecule has 2 aromatic rings. The number of aldehydes is 1. The molecule has 2 nitrogen and oxygen atoms in total. The van der Waals surface area contributed by atoms with Crippen LogP contribution in [0, 0.1) is 0 Å². The molecule has 0 heterocycles. The van der Waals surface area contributed by atoms with Gasteiger partial charge < -0.3 is 4.74 Å². The molecule has 0 aliphatic rings. The van der Waals surface area contributed by atoms with Crippen molar-refractivity contribution in [1.82, 2.24) is 0 Å². The Kier molecular flexibility index (Phi) is 4.43. The summed E-state index contributed by atoms with van der Waals surface area (Å²) in [5.41, 5.74) is -2.63. The fourth-order valence-corrected chi connectivity index (χ4v) is 1.95. The van der Waals surface area contributed by atoms with Gasteiger partial charge in [0.2, 0.25) is 5.60 Å². The van der Waals surface area contributed by atoms with Gasteiger partial charge in [-0.15, -0.1) is 0 Å². The summed E-state index contributed by atoms with van der Waals surface area (Å²) in [6.45, 7) is -0.312. The molecule has 0 bridgehead atoms. The fourth-order valence-electron chi connectivity index (χ4n) is 1.95. The summed E-state index contributed by atoms with van der Waals surface area (Å²) in [4.78, 5) is 11.3. The molecule has 2 aromatic carbocycles. The largest absolute Gasteiger partial charge is 0.428 e. The number of benzene rings is 2. The first-order chi connectivity index (χ1) is 9.99. The third-order valence-corrected chi connectivity index (χ3v) is 3.10. The normalized spacial score (nSPS) is 14.4. The molecule has 5 heteroatoms. The Morgan fingerprint density at radius 3 is 1.90 bits per heavy atom. The molecule has 0 saturated carbocycles. The second kappa shape index (κ2) is 6.10. The molecule has 0 amide bonds. The van der Waals surface area contributed by atoms with E-state index >= 15 is 0 Å². The lowest BCUT2D eigenvalue weighted by atomic mass is 9.94. The van der Waals surface area contributed by atoms with Crippen LogP contribution in [-0.4, -0.2) is 12.5 Å². The minimum atomic E-state index is -4.84. The van der Waals surface area contributed by atoms with Gasteiger partial charge in [0.15, 0.2) is 6.29 Å². The highest BCUT2D eigenvalue weighted by atomic mass is 19.4. The number of halogens is 3. The van der Waals surface area contributed by atoms with Gasteiger partial charge in [-0.1, -0.05) is 60.7 Å². The van der Waals surface area contributed by atoms with Crippen LogP contribution in [0.15, 0.2) is 60.7 Å². The quantitative estimate of drug-likeness (QED) is 0.783. The Labute approximate surface area is 120 Å². The zero-order valence-corrected chi connectivity index (χ0v) is 11.0. The van der Waals surface area contributed by atoms with Gasteiger partial charge in [-0.05, 0) is 5.56 Å². The van der Waals surface area contributed by atoms with Crippen molar-refractivity contribution in [1.29, 1.82) is 0 Å². The molecule has 0 spiro atoms. The fraction of sp³-hybridized carbons (Fsp3) is 0.188. The zero-order valence-electron chi connectivity index (χ0n) is 11.0. The molecule has 110 valence electrons. The van der Waals surface area contributed by atoms with E-state index in [4.69, 9.17) is 4.74 Å². The summed E-state index contributed by atoms with van der Waals surface area (Å²) in [6.07, 6.45) is -5.03. The highest BCUT2D eigenvalue weighted by Gasteiger charge is 2.57. The average molecular weight is 294 g/mol. The SMILES string of the molecule is O=C[C@](OCc1ccccc1)(c1ccccc1)C(F)(F)F. The van der Waals surface area contributed by atoms with E-state index in [2.05, 4.69) is 0 Å². The summed E-state index contributed by atoms with van der Waals surface area (Å²) in [5.74, 6) is 0. The Bertz CT molecular complexity index is 581. The first kappa shape index (κ1) is 15.3. The van der Waals surface area contributed by atoms with Crippen molar-refractivity contribution in [2.24, 2.45) is 0 Å². The van der Waals surface area contributed by atoms with Crippen molar-refractivity contribution < 1.29 is 22.7 Å². The number of hydrogen-bond acceptors (Lipinski definition) is 2. The maximum absolute atomic E-state index is 13.4. The highest BCUT2D eigenvalue weighted by Crippen LogP contribution is 2.41. The molecule has 0 radical (unpaired) electrons. The number of carbonyl (C=O) groups excluding carboxylic acids is 1. The maximum atomic E-state index is 13.4. The summed E-state index contributed by atoms with van der Waals surface area (Å²) in [7, 11) is 0. The second-order valence-corrected chi connectivity index (χ2v) is 4.49. The van der Waals surface area contributed by atoms with Gasteiger partial charge in [0.25, 0.3) is 0 Å². The van der Waals surface area contributed by atoms with Crippen LogP contribution in [0.2, 0.25) is 0 Å². The summed E-state index contributed by atoms with van der Waals surface area (Å²) >= 11 is 0. The maximum Gasteiger partial charge on any atom is 0.428 e. The van der Waals surface area contributed by atoms with Gasteiger partial charge in [-0.2, -0.15) is 13.2 Å². The van der Waals surface area contributed by atoms with Gasteiger partial charge >= 0.3 is 6.18 Å². The van der Waals surface area contributed by atoms with Crippen LogP contribution in [0.25, 0.3) is 0 Å². The first-order valence-electron chi connectivity index (χ1n) is 6.26. The van der Waals surface area contributed by atoms with E-state index in [-0.39, 0.29) is 18.5 Å². The molecule has 0 unspecified atom stereocenters. The van der Waals surface area contributed by atoms with Crippen LogP contribution < -0.4 is 0 Å². The first-order valence-corrected chi connectivity index (χ1v) is 6.26. The molecular formula is C16H13F3O2. The van der Waals surface area contributed by atoms with Crippen LogP contribution in [0.4, 0.5) is 13.2 Å². The monoisotopic (exact) mass is 294 g/mol. The Hall–Kier alpha value is -2.14. The van der Waals surface area contributed by atoms with Gasteiger partial charge in [0.1, 0.15) is 0 Å². The third kappa shape index (κ3) is 3.13. The molecular weight excluding hydrogens is 281 g/mol. The van der Waals surface area contributed by atoms with E-state index in [1.165, 1.54) is 24.3 Å². The van der Waals surface area contributed by atoms with E-state index in [0.29, 0.717) is 5.56 Å². The predicted molar refractivity (Wildman–Crippen MR) is 71.5 cm³/mol. The number of rotatable bonds is 5. The summed E-state index contributed by atoms with van der Waals surface area (Å²) in [5, 5.41) is 0. The van der Waals surface area contributed by atoms with Gasteiger partial charge in [0, 0.05) is 5.56 Å². The van der Waals surface area contributed by atoms with Crippen LogP contribution in [0.5, 0.6) is 0 Å².